The molecule has 152 valence electrons. The van der Waals surface area contributed by atoms with Gasteiger partial charge in [-0.2, -0.15) is 0 Å². The second-order valence-electron chi connectivity index (χ2n) is 10.6. The van der Waals surface area contributed by atoms with Crippen molar-refractivity contribution in [3.63, 3.8) is 0 Å². The second-order valence-corrected chi connectivity index (χ2v) is 10.6. The molecule has 0 fully saturated rings. The molecule has 0 nitrogen and oxygen atoms in total. The van der Waals surface area contributed by atoms with E-state index in [-0.39, 0.29) is 10.8 Å². The molecule has 0 aliphatic heterocycles. The molecule has 0 aromatic heterocycles. The van der Waals surface area contributed by atoms with Crippen LogP contribution in [0, 0.1) is 13.8 Å². The lowest BCUT2D eigenvalue weighted by Crippen LogP contribution is -2.12. The van der Waals surface area contributed by atoms with Crippen LogP contribution in [0.15, 0.2) is 60.7 Å². The molecule has 0 heterocycles. The summed E-state index contributed by atoms with van der Waals surface area (Å²) in [4.78, 5) is 0. The standard InChI is InChI=1S/C29H36/c1-20-15-21(2)17-24(16-20)27-19-26(29(6,7)8)14-11-23(27)18-22-9-12-25(13-10-22)28(3,4)5/h9-17,19H,18H2,1-8H3. The van der Waals surface area contributed by atoms with Gasteiger partial charge in [-0.15, -0.1) is 0 Å². The zero-order valence-corrected chi connectivity index (χ0v) is 19.5. The molecule has 3 aromatic carbocycles. The maximum atomic E-state index is 2.41. The van der Waals surface area contributed by atoms with E-state index in [2.05, 4.69) is 116 Å². The van der Waals surface area contributed by atoms with E-state index in [0.29, 0.717) is 0 Å². The Hall–Kier alpha value is -2.34. The molecule has 0 saturated carbocycles. The van der Waals surface area contributed by atoms with Crippen LogP contribution in [0.5, 0.6) is 0 Å². The van der Waals surface area contributed by atoms with Crippen LogP contribution in [0.4, 0.5) is 0 Å². The molecule has 0 spiro atoms. The number of aryl methyl sites for hydroxylation is 2. The third-order valence-corrected chi connectivity index (χ3v) is 5.72. The Labute approximate surface area is 178 Å². The summed E-state index contributed by atoms with van der Waals surface area (Å²) in [6.07, 6.45) is 0.956. The Morgan fingerprint density at radius 2 is 1.10 bits per heavy atom. The smallest absolute Gasteiger partial charge is 0.00196 e. The Morgan fingerprint density at radius 3 is 1.62 bits per heavy atom. The first kappa shape index (κ1) is 21.4. The first-order valence-electron chi connectivity index (χ1n) is 10.7. The highest BCUT2D eigenvalue weighted by atomic mass is 14.2. The van der Waals surface area contributed by atoms with Crippen LogP contribution in [-0.4, -0.2) is 0 Å². The predicted molar refractivity (Wildman–Crippen MR) is 128 cm³/mol. The highest BCUT2D eigenvalue weighted by Crippen LogP contribution is 2.33. The molecular formula is C29H36. The first-order valence-corrected chi connectivity index (χ1v) is 10.7. The largest absolute Gasteiger partial charge is 0.0584 e. The fourth-order valence-corrected chi connectivity index (χ4v) is 3.94. The summed E-state index contributed by atoms with van der Waals surface area (Å²) in [5, 5.41) is 0. The summed E-state index contributed by atoms with van der Waals surface area (Å²) in [6, 6.07) is 23.1. The summed E-state index contributed by atoms with van der Waals surface area (Å²) >= 11 is 0. The van der Waals surface area contributed by atoms with Crippen molar-refractivity contribution >= 4 is 0 Å². The van der Waals surface area contributed by atoms with Gasteiger partial charge in [0.15, 0.2) is 0 Å². The lowest BCUT2D eigenvalue weighted by molar-refractivity contribution is 0.590. The van der Waals surface area contributed by atoms with E-state index in [0.717, 1.165) is 6.42 Å². The first-order chi connectivity index (χ1) is 13.4. The van der Waals surface area contributed by atoms with Crippen LogP contribution in [0.25, 0.3) is 11.1 Å². The van der Waals surface area contributed by atoms with Gasteiger partial charge in [-0.1, -0.05) is 113 Å². The molecule has 0 unspecified atom stereocenters. The van der Waals surface area contributed by atoms with Crippen LogP contribution in [0.2, 0.25) is 0 Å². The van der Waals surface area contributed by atoms with E-state index >= 15 is 0 Å². The molecule has 3 rings (SSSR count). The topological polar surface area (TPSA) is 0 Å². The molecule has 0 amide bonds. The van der Waals surface area contributed by atoms with Crippen LogP contribution in [-0.2, 0) is 17.3 Å². The average Bonchev–Trinajstić information content (AvgIpc) is 2.60. The van der Waals surface area contributed by atoms with Gasteiger partial charge in [0.05, 0.1) is 0 Å². The average molecular weight is 385 g/mol. The van der Waals surface area contributed by atoms with Crippen LogP contribution >= 0.6 is 0 Å². The van der Waals surface area contributed by atoms with Gasteiger partial charge in [0.1, 0.15) is 0 Å². The molecule has 0 heteroatoms. The maximum Gasteiger partial charge on any atom is -0.00196 e. The molecule has 3 aromatic rings. The summed E-state index contributed by atoms with van der Waals surface area (Å²) in [6.45, 7) is 18.1. The van der Waals surface area contributed by atoms with E-state index in [1.54, 1.807) is 0 Å². The fraction of sp³-hybridized carbons (Fsp3) is 0.379. The Balaban J connectivity index is 2.06. The quantitative estimate of drug-likeness (QED) is 0.427. The van der Waals surface area contributed by atoms with Crippen molar-refractivity contribution in [2.45, 2.75) is 72.6 Å². The number of rotatable bonds is 3. The van der Waals surface area contributed by atoms with Gasteiger partial charge in [-0.3, -0.25) is 0 Å². The van der Waals surface area contributed by atoms with Gasteiger partial charge in [0.25, 0.3) is 0 Å². The second kappa shape index (κ2) is 7.82. The van der Waals surface area contributed by atoms with Crippen LogP contribution < -0.4 is 0 Å². The summed E-state index contributed by atoms with van der Waals surface area (Å²) in [5.74, 6) is 0. The van der Waals surface area contributed by atoms with Crippen molar-refractivity contribution in [2.24, 2.45) is 0 Å². The van der Waals surface area contributed by atoms with E-state index in [9.17, 15) is 0 Å². The van der Waals surface area contributed by atoms with Crippen molar-refractivity contribution in [1.82, 2.24) is 0 Å². The lowest BCUT2D eigenvalue weighted by Gasteiger charge is -2.22. The third-order valence-electron chi connectivity index (χ3n) is 5.72. The lowest BCUT2D eigenvalue weighted by atomic mass is 9.82. The molecular weight excluding hydrogens is 348 g/mol. The van der Waals surface area contributed by atoms with Crippen molar-refractivity contribution in [3.8, 4) is 11.1 Å². The van der Waals surface area contributed by atoms with Crippen LogP contribution in [0.1, 0.15) is 74.9 Å². The molecule has 0 aliphatic rings. The zero-order chi connectivity index (χ0) is 21.4. The van der Waals surface area contributed by atoms with Crippen molar-refractivity contribution in [2.75, 3.05) is 0 Å². The minimum absolute atomic E-state index is 0.139. The minimum Gasteiger partial charge on any atom is -0.0584 e. The van der Waals surface area contributed by atoms with E-state index < -0.39 is 0 Å². The summed E-state index contributed by atoms with van der Waals surface area (Å²) in [5.41, 5.74) is 11.2. The molecule has 0 aliphatic carbocycles. The molecule has 0 atom stereocenters. The fourth-order valence-electron chi connectivity index (χ4n) is 3.94. The Morgan fingerprint density at radius 1 is 0.586 bits per heavy atom. The van der Waals surface area contributed by atoms with E-state index in [4.69, 9.17) is 0 Å². The Kier molecular flexibility index (Phi) is 5.77. The molecule has 29 heavy (non-hydrogen) atoms. The van der Waals surface area contributed by atoms with Gasteiger partial charge in [0, 0.05) is 0 Å². The highest BCUT2D eigenvalue weighted by Gasteiger charge is 2.17. The molecule has 0 saturated heterocycles. The summed E-state index contributed by atoms with van der Waals surface area (Å²) in [7, 11) is 0. The van der Waals surface area contributed by atoms with E-state index in [1.165, 1.54) is 44.5 Å². The third kappa shape index (κ3) is 5.18. The van der Waals surface area contributed by atoms with Crippen molar-refractivity contribution in [3.05, 3.63) is 94.0 Å². The normalized spacial score (nSPS) is 12.3. The molecule has 0 N–H and O–H groups in total. The molecule has 0 bridgehead atoms. The van der Waals surface area contributed by atoms with Gasteiger partial charge in [-0.25, -0.2) is 0 Å². The predicted octanol–water partition coefficient (Wildman–Crippen LogP) is 8.16. The highest BCUT2D eigenvalue weighted by molar-refractivity contribution is 5.70. The zero-order valence-electron chi connectivity index (χ0n) is 19.5. The number of hydrogen-bond acceptors (Lipinski definition) is 0. The minimum atomic E-state index is 0.139. The number of hydrogen-bond donors (Lipinski definition) is 0. The molecule has 0 radical (unpaired) electrons. The van der Waals surface area contributed by atoms with Crippen molar-refractivity contribution < 1.29 is 0 Å². The van der Waals surface area contributed by atoms with Crippen molar-refractivity contribution in [1.29, 1.82) is 0 Å². The van der Waals surface area contributed by atoms with Gasteiger partial charge < -0.3 is 0 Å². The van der Waals surface area contributed by atoms with Crippen LogP contribution in [0.3, 0.4) is 0 Å². The van der Waals surface area contributed by atoms with Gasteiger partial charge in [-0.05, 0) is 64.5 Å². The van der Waals surface area contributed by atoms with E-state index in [1.807, 2.05) is 0 Å². The maximum absolute atomic E-state index is 2.41. The van der Waals surface area contributed by atoms with Gasteiger partial charge in [0.2, 0.25) is 0 Å². The Bertz CT molecular complexity index is 969. The SMILES string of the molecule is Cc1cc(C)cc(-c2cc(C(C)(C)C)ccc2Cc2ccc(C(C)(C)C)cc2)c1. The summed E-state index contributed by atoms with van der Waals surface area (Å²) < 4.78 is 0. The monoisotopic (exact) mass is 384 g/mol. The van der Waals surface area contributed by atoms with Gasteiger partial charge >= 0.3 is 0 Å². The number of benzene rings is 3.